The molecule has 2 heterocycles. The molecule has 1 fully saturated rings. The van der Waals surface area contributed by atoms with Crippen molar-refractivity contribution < 1.29 is 4.79 Å². The van der Waals surface area contributed by atoms with Gasteiger partial charge < -0.3 is 4.90 Å². The second-order valence-corrected chi connectivity index (χ2v) is 6.60. The summed E-state index contributed by atoms with van der Waals surface area (Å²) in [5.74, 6) is 0.874. The number of hydrogen-bond acceptors (Lipinski definition) is 2. The van der Waals surface area contributed by atoms with Crippen molar-refractivity contribution in [1.82, 2.24) is 15.1 Å². The molecule has 23 heavy (non-hydrogen) atoms. The zero-order chi connectivity index (χ0) is 16.2. The van der Waals surface area contributed by atoms with Crippen LogP contribution in [-0.4, -0.2) is 34.1 Å². The molecule has 0 radical (unpaired) electrons. The molecule has 1 amide bonds. The van der Waals surface area contributed by atoms with Crippen LogP contribution in [0.4, 0.5) is 0 Å². The van der Waals surface area contributed by atoms with Crippen molar-refractivity contribution in [3.63, 3.8) is 0 Å². The van der Waals surface area contributed by atoms with Crippen molar-refractivity contribution in [2.45, 2.75) is 39.5 Å². The fourth-order valence-electron chi connectivity index (χ4n) is 3.51. The molecule has 3 rings (SSSR count). The van der Waals surface area contributed by atoms with Crippen LogP contribution in [0.15, 0.2) is 30.3 Å². The molecule has 2 aromatic rings. The zero-order valence-electron chi connectivity index (χ0n) is 14.0. The lowest BCUT2D eigenvalue weighted by molar-refractivity contribution is -0.130. The predicted octanol–water partition coefficient (Wildman–Crippen LogP) is 3.05. The van der Waals surface area contributed by atoms with Crippen molar-refractivity contribution in [3.05, 3.63) is 52.8 Å². The second-order valence-electron chi connectivity index (χ2n) is 6.60. The summed E-state index contributed by atoms with van der Waals surface area (Å²) in [7, 11) is 0. The first-order valence-electron chi connectivity index (χ1n) is 8.45. The Morgan fingerprint density at radius 3 is 2.78 bits per heavy atom. The molecule has 0 bridgehead atoms. The van der Waals surface area contributed by atoms with Crippen LogP contribution in [0.25, 0.3) is 0 Å². The van der Waals surface area contributed by atoms with E-state index in [1.54, 1.807) is 0 Å². The van der Waals surface area contributed by atoms with Gasteiger partial charge in [0.1, 0.15) is 0 Å². The quantitative estimate of drug-likeness (QED) is 0.922. The topological polar surface area (TPSA) is 49.0 Å². The van der Waals surface area contributed by atoms with E-state index >= 15 is 0 Å². The molecule has 0 saturated carbocycles. The van der Waals surface area contributed by atoms with Crippen LogP contribution in [0.3, 0.4) is 0 Å². The molecule has 1 aliphatic rings. The van der Waals surface area contributed by atoms with Gasteiger partial charge in [0.2, 0.25) is 5.91 Å². The number of nitrogens with zero attached hydrogens (tertiary/aromatic N) is 2. The number of nitrogens with one attached hydrogen (secondary N) is 1. The minimum absolute atomic E-state index is 0.278. The van der Waals surface area contributed by atoms with Gasteiger partial charge in [0.25, 0.3) is 0 Å². The number of aromatic nitrogens is 2. The zero-order valence-corrected chi connectivity index (χ0v) is 14.0. The van der Waals surface area contributed by atoms with Gasteiger partial charge in [-0.25, -0.2) is 0 Å². The van der Waals surface area contributed by atoms with Gasteiger partial charge in [0, 0.05) is 25.2 Å². The van der Waals surface area contributed by atoms with Gasteiger partial charge in [-0.15, -0.1) is 0 Å². The van der Waals surface area contributed by atoms with E-state index in [-0.39, 0.29) is 5.91 Å². The lowest BCUT2D eigenvalue weighted by Gasteiger charge is -2.16. The molecule has 1 aliphatic heterocycles. The van der Waals surface area contributed by atoms with E-state index in [1.807, 2.05) is 24.8 Å². The number of aryl methyl sites for hydroxylation is 2. The molecule has 0 aliphatic carbocycles. The van der Waals surface area contributed by atoms with Crippen molar-refractivity contribution in [1.29, 1.82) is 0 Å². The lowest BCUT2D eigenvalue weighted by atomic mass is 9.99. The monoisotopic (exact) mass is 311 g/mol. The molecule has 1 saturated heterocycles. The molecule has 0 spiro atoms. The smallest absolute Gasteiger partial charge is 0.222 e. The lowest BCUT2D eigenvalue weighted by Crippen LogP contribution is -2.29. The van der Waals surface area contributed by atoms with Crippen molar-refractivity contribution >= 4 is 5.91 Å². The molecule has 1 aromatic heterocycles. The molecular formula is C19H25N3O. The van der Waals surface area contributed by atoms with Gasteiger partial charge in [-0.3, -0.25) is 9.89 Å². The Labute approximate surface area is 137 Å². The number of carbonyl (C=O) groups is 1. The van der Waals surface area contributed by atoms with E-state index in [9.17, 15) is 4.79 Å². The molecule has 1 N–H and O–H groups in total. The number of likely N-dealkylation sites (tertiary alicyclic amines) is 1. The first kappa shape index (κ1) is 15.8. The molecule has 4 nitrogen and oxygen atoms in total. The molecule has 122 valence electrons. The summed E-state index contributed by atoms with van der Waals surface area (Å²) in [6, 6.07) is 10.6. The Morgan fingerprint density at radius 2 is 2.09 bits per heavy atom. The maximum absolute atomic E-state index is 12.5. The van der Waals surface area contributed by atoms with Crippen LogP contribution >= 0.6 is 0 Å². The van der Waals surface area contributed by atoms with E-state index in [1.165, 1.54) is 11.1 Å². The summed E-state index contributed by atoms with van der Waals surface area (Å²) in [4.78, 5) is 14.5. The fraction of sp³-hybridized carbons (Fsp3) is 0.474. The number of hydrogen-bond donors (Lipinski definition) is 1. The number of amides is 1. The highest BCUT2D eigenvalue weighted by Crippen LogP contribution is 2.22. The molecule has 1 atom stereocenters. The van der Waals surface area contributed by atoms with E-state index in [2.05, 4.69) is 34.5 Å². The second kappa shape index (κ2) is 6.99. The van der Waals surface area contributed by atoms with Crippen LogP contribution in [0.2, 0.25) is 0 Å². The van der Waals surface area contributed by atoms with Crippen molar-refractivity contribution in [2.24, 2.45) is 5.92 Å². The Balaban J connectivity index is 1.49. The van der Waals surface area contributed by atoms with Crippen LogP contribution in [0.5, 0.6) is 0 Å². The van der Waals surface area contributed by atoms with Gasteiger partial charge in [0.05, 0.1) is 5.69 Å². The van der Waals surface area contributed by atoms with Crippen LogP contribution in [-0.2, 0) is 17.6 Å². The van der Waals surface area contributed by atoms with Crippen LogP contribution in [0, 0.1) is 19.8 Å². The van der Waals surface area contributed by atoms with Gasteiger partial charge >= 0.3 is 0 Å². The minimum Gasteiger partial charge on any atom is -0.342 e. The number of rotatable bonds is 5. The first-order chi connectivity index (χ1) is 11.1. The van der Waals surface area contributed by atoms with Gasteiger partial charge in [-0.2, -0.15) is 5.10 Å². The molecule has 4 heteroatoms. The third-order valence-corrected chi connectivity index (χ3v) is 4.88. The fourth-order valence-corrected chi connectivity index (χ4v) is 3.51. The Morgan fingerprint density at radius 1 is 1.30 bits per heavy atom. The third kappa shape index (κ3) is 3.81. The van der Waals surface area contributed by atoms with Gasteiger partial charge in [-0.1, -0.05) is 30.3 Å². The predicted molar refractivity (Wildman–Crippen MR) is 91.2 cm³/mol. The normalized spacial score (nSPS) is 17.7. The van der Waals surface area contributed by atoms with Gasteiger partial charge in [0.15, 0.2) is 0 Å². The van der Waals surface area contributed by atoms with Crippen LogP contribution < -0.4 is 0 Å². The summed E-state index contributed by atoms with van der Waals surface area (Å²) in [5, 5.41) is 7.19. The van der Waals surface area contributed by atoms with Gasteiger partial charge in [-0.05, 0) is 50.2 Å². The standard InChI is InChI=1S/C19H25N3O/c1-14-18(15(2)21-20-14)8-9-19(23)22-11-10-17(13-22)12-16-6-4-3-5-7-16/h3-7,17H,8-13H2,1-2H3,(H,20,21). The van der Waals surface area contributed by atoms with E-state index in [0.29, 0.717) is 12.3 Å². The highest BCUT2D eigenvalue weighted by molar-refractivity contribution is 5.76. The summed E-state index contributed by atoms with van der Waals surface area (Å²) in [6.07, 6.45) is 3.56. The molecular weight excluding hydrogens is 286 g/mol. The van der Waals surface area contributed by atoms with E-state index < -0.39 is 0 Å². The summed E-state index contributed by atoms with van der Waals surface area (Å²) >= 11 is 0. The highest BCUT2D eigenvalue weighted by Gasteiger charge is 2.26. The van der Waals surface area contributed by atoms with Crippen LogP contribution in [0.1, 0.15) is 35.4 Å². The van der Waals surface area contributed by atoms with E-state index in [4.69, 9.17) is 0 Å². The number of H-pyrrole nitrogens is 1. The average Bonchev–Trinajstić information content (AvgIpc) is 3.14. The largest absolute Gasteiger partial charge is 0.342 e. The summed E-state index contributed by atoms with van der Waals surface area (Å²) in [6.45, 7) is 5.82. The first-order valence-corrected chi connectivity index (χ1v) is 8.45. The summed E-state index contributed by atoms with van der Waals surface area (Å²) in [5.41, 5.74) is 4.66. The third-order valence-electron chi connectivity index (χ3n) is 4.88. The van der Waals surface area contributed by atoms with Crippen molar-refractivity contribution in [2.75, 3.05) is 13.1 Å². The molecule has 1 unspecified atom stereocenters. The van der Waals surface area contributed by atoms with E-state index in [0.717, 1.165) is 43.7 Å². The Bertz CT molecular complexity index is 643. The molecule has 1 aromatic carbocycles. The Hall–Kier alpha value is -2.10. The maximum atomic E-state index is 12.5. The minimum atomic E-state index is 0.278. The number of carbonyl (C=O) groups excluding carboxylic acids is 1. The average molecular weight is 311 g/mol. The Kier molecular flexibility index (Phi) is 4.79. The SMILES string of the molecule is Cc1n[nH]c(C)c1CCC(=O)N1CCC(Cc2ccccc2)C1. The summed E-state index contributed by atoms with van der Waals surface area (Å²) < 4.78 is 0. The number of aromatic amines is 1. The van der Waals surface area contributed by atoms with Crippen molar-refractivity contribution in [3.8, 4) is 0 Å². The highest BCUT2D eigenvalue weighted by atomic mass is 16.2. The maximum Gasteiger partial charge on any atom is 0.222 e. The number of benzene rings is 1.